The van der Waals surface area contributed by atoms with Gasteiger partial charge in [0.2, 0.25) is 5.43 Å². The number of rotatable bonds is 4. The SMILES string of the molecule is CC(C)(C)OC(=O)NC1c2sc(-c3cc4c(cc3F)c(=O)c(C(=O)O)cn4C3CC3)cc2CCC1(C)C. The summed E-state index contributed by atoms with van der Waals surface area (Å²) in [5.41, 5.74) is 0.0592. The predicted molar refractivity (Wildman–Crippen MR) is 141 cm³/mol. The quantitative estimate of drug-likeness (QED) is 0.408. The smallest absolute Gasteiger partial charge is 0.408 e. The number of halogens is 1. The minimum atomic E-state index is -1.32. The van der Waals surface area contributed by atoms with E-state index in [2.05, 4.69) is 19.2 Å². The van der Waals surface area contributed by atoms with Crippen LogP contribution in [-0.4, -0.2) is 27.3 Å². The van der Waals surface area contributed by atoms with E-state index in [1.807, 2.05) is 26.8 Å². The van der Waals surface area contributed by atoms with Crippen LogP contribution in [0.5, 0.6) is 0 Å². The van der Waals surface area contributed by atoms with Gasteiger partial charge >= 0.3 is 12.1 Å². The fourth-order valence-electron chi connectivity index (χ4n) is 5.02. The van der Waals surface area contributed by atoms with E-state index in [-0.39, 0.29) is 28.4 Å². The number of thiophene rings is 1. The van der Waals surface area contributed by atoms with Gasteiger partial charge in [-0.15, -0.1) is 11.3 Å². The van der Waals surface area contributed by atoms with Crippen molar-refractivity contribution >= 4 is 34.3 Å². The number of carboxylic acid groups (broad SMARTS) is 1. The number of fused-ring (bicyclic) bond motifs is 2. The summed E-state index contributed by atoms with van der Waals surface area (Å²) in [6.45, 7) is 9.65. The van der Waals surface area contributed by atoms with Crippen molar-refractivity contribution in [3.63, 3.8) is 0 Å². The topological polar surface area (TPSA) is 97.6 Å². The van der Waals surface area contributed by atoms with Crippen LogP contribution in [0.25, 0.3) is 21.3 Å². The largest absolute Gasteiger partial charge is 0.477 e. The Hall–Kier alpha value is -3.20. The molecule has 1 atom stereocenters. The Morgan fingerprint density at radius 2 is 1.92 bits per heavy atom. The van der Waals surface area contributed by atoms with Crippen molar-refractivity contribution in [2.45, 2.75) is 78.0 Å². The fraction of sp³-hybridized carbons (Fsp3) is 0.464. The average molecular weight is 527 g/mol. The third-order valence-corrected chi connectivity index (χ3v) is 8.42. The minimum absolute atomic E-state index is 0.0694. The van der Waals surface area contributed by atoms with Crippen LogP contribution in [-0.2, 0) is 11.2 Å². The molecule has 1 amide bonds. The van der Waals surface area contributed by atoms with Crippen molar-refractivity contribution in [3.05, 3.63) is 56.4 Å². The number of alkyl carbamates (subject to hydrolysis) is 1. The van der Waals surface area contributed by atoms with Crippen LogP contribution < -0.4 is 10.7 Å². The van der Waals surface area contributed by atoms with E-state index in [0.717, 1.165) is 42.2 Å². The van der Waals surface area contributed by atoms with Gasteiger partial charge in [-0.2, -0.15) is 0 Å². The van der Waals surface area contributed by atoms with Gasteiger partial charge in [0.15, 0.2) is 0 Å². The summed E-state index contributed by atoms with van der Waals surface area (Å²) in [7, 11) is 0. The highest BCUT2D eigenvalue weighted by Gasteiger charge is 2.39. The first-order valence-corrected chi connectivity index (χ1v) is 13.3. The molecular formula is C28H31FN2O5S. The molecule has 196 valence electrons. The highest BCUT2D eigenvalue weighted by atomic mass is 32.1. The lowest BCUT2D eigenvalue weighted by molar-refractivity contribution is 0.0445. The third kappa shape index (κ3) is 4.77. The zero-order valence-electron chi connectivity index (χ0n) is 21.6. The second kappa shape index (κ2) is 8.68. The molecule has 1 aromatic carbocycles. The number of aromatic carboxylic acids is 1. The number of aromatic nitrogens is 1. The van der Waals surface area contributed by atoms with E-state index in [1.54, 1.807) is 10.6 Å². The van der Waals surface area contributed by atoms with Crippen molar-refractivity contribution < 1.29 is 23.8 Å². The number of carboxylic acids is 1. The molecule has 0 bridgehead atoms. The summed E-state index contributed by atoms with van der Waals surface area (Å²) in [5.74, 6) is -1.90. The van der Waals surface area contributed by atoms with Crippen LogP contribution in [0, 0.1) is 11.2 Å². The molecule has 1 unspecified atom stereocenters. The summed E-state index contributed by atoms with van der Waals surface area (Å²) in [4.78, 5) is 38.8. The maximum Gasteiger partial charge on any atom is 0.408 e. The molecule has 9 heteroatoms. The third-order valence-electron chi connectivity index (χ3n) is 7.14. The van der Waals surface area contributed by atoms with Crippen LogP contribution in [0.15, 0.2) is 29.2 Å². The number of benzene rings is 1. The molecule has 2 aliphatic carbocycles. The molecule has 0 saturated heterocycles. The van der Waals surface area contributed by atoms with Crippen molar-refractivity contribution in [1.29, 1.82) is 0 Å². The number of nitrogens with zero attached hydrogens (tertiary/aromatic N) is 1. The lowest BCUT2D eigenvalue weighted by Crippen LogP contribution is -2.42. The summed E-state index contributed by atoms with van der Waals surface area (Å²) in [6, 6.07) is 4.59. The molecule has 2 heterocycles. The normalized spacial score (nSPS) is 18.9. The lowest BCUT2D eigenvalue weighted by atomic mass is 9.73. The number of carbonyl (C=O) groups excluding carboxylic acids is 1. The zero-order valence-corrected chi connectivity index (χ0v) is 22.4. The minimum Gasteiger partial charge on any atom is -0.477 e. The van der Waals surface area contributed by atoms with Crippen LogP contribution in [0.2, 0.25) is 0 Å². The second-order valence-electron chi connectivity index (χ2n) is 11.7. The molecule has 7 nitrogen and oxygen atoms in total. The molecule has 0 radical (unpaired) electrons. The van der Waals surface area contributed by atoms with E-state index < -0.39 is 28.9 Å². The predicted octanol–water partition coefficient (Wildman–Crippen LogP) is 6.44. The van der Waals surface area contributed by atoms with E-state index in [9.17, 15) is 19.5 Å². The number of hydrogen-bond acceptors (Lipinski definition) is 5. The van der Waals surface area contributed by atoms with Crippen molar-refractivity contribution in [3.8, 4) is 10.4 Å². The summed E-state index contributed by atoms with van der Waals surface area (Å²) < 4.78 is 22.8. The highest BCUT2D eigenvalue weighted by Crippen LogP contribution is 2.49. The Morgan fingerprint density at radius 3 is 2.54 bits per heavy atom. The molecule has 1 saturated carbocycles. The van der Waals surface area contributed by atoms with Gasteiger partial charge in [-0.3, -0.25) is 4.79 Å². The second-order valence-corrected chi connectivity index (χ2v) is 12.8. The first kappa shape index (κ1) is 25.4. The van der Waals surface area contributed by atoms with Gasteiger partial charge in [0.25, 0.3) is 0 Å². The maximum atomic E-state index is 15.5. The van der Waals surface area contributed by atoms with E-state index in [1.165, 1.54) is 17.5 Å². The van der Waals surface area contributed by atoms with E-state index >= 15 is 4.39 Å². The van der Waals surface area contributed by atoms with Crippen molar-refractivity contribution in [2.24, 2.45) is 5.41 Å². The number of nitrogens with one attached hydrogen (secondary N) is 1. The molecule has 37 heavy (non-hydrogen) atoms. The Morgan fingerprint density at radius 1 is 1.22 bits per heavy atom. The summed E-state index contributed by atoms with van der Waals surface area (Å²) in [5, 5.41) is 12.6. The van der Waals surface area contributed by atoms with Crippen molar-refractivity contribution in [1.82, 2.24) is 9.88 Å². The first-order chi connectivity index (χ1) is 17.2. The molecule has 1 fully saturated rings. The Balaban J connectivity index is 1.60. The average Bonchev–Trinajstić information content (AvgIpc) is 3.53. The molecule has 0 aliphatic heterocycles. The maximum absolute atomic E-state index is 15.5. The molecule has 0 spiro atoms. The molecular weight excluding hydrogens is 495 g/mol. The first-order valence-electron chi connectivity index (χ1n) is 12.5. The summed E-state index contributed by atoms with van der Waals surface area (Å²) >= 11 is 1.43. The van der Waals surface area contributed by atoms with E-state index in [4.69, 9.17) is 4.74 Å². The van der Waals surface area contributed by atoms with Gasteiger partial charge in [0.05, 0.1) is 11.6 Å². The summed E-state index contributed by atoms with van der Waals surface area (Å²) in [6.07, 6.45) is 4.29. The van der Waals surface area contributed by atoms with Crippen LogP contribution in [0.4, 0.5) is 9.18 Å². The number of pyridine rings is 1. The van der Waals surface area contributed by atoms with Gasteiger partial charge < -0.3 is 19.7 Å². The number of carbonyl (C=O) groups is 2. The van der Waals surface area contributed by atoms with Gasteiger partial charge in [-0.25, -0.2) is 14.0 Å². The van der Waals surface area contributed by atoms with Crippen LogP contribution in [0.3, 0.4) is 0 Å². The Bertz CT molecular complexity index is 1490. The van der Waals surface area contributed by atoms with Crippen LogP contribution >= 0.6 is 11.3 Å². The number of ether oxygens (including phenoxy) is 1. The molecule has 2 aliphatic rings. The zero-order chi connectivity index (χ0) is 26.9. The number of amides is 1. The number of aryl methyl sites for hydroxylation is 1. The Labute approximate surface area is 218 Å². The van der Waals surface area contributed by atoms with Gasteiger partial charge in [-0.05, 0) is 75.6 Å². The molecule has 3 aromatic rings. The molecule has 2 N–H and O–H groups in total. The van der Waals surface area contributed by atoms with Gasteiger partial charge in [0, 0.05) is 32.9 Å². The van der Waals surface area contributed by atoms with Crippen LogP contribution in [0.1, 0.15) is 86.8 Å². The lowest BCUT2D eigenvalue weighted by Gasteiger charge is -2.39. The monoisotopic (exact) mass is 526 g/mol. The standard InChI is InChI=1S/C28H31FN2O5S/c1-27(2,3)36-26(35)30-24-23-14(8-9-28(24,4)5)10-21(37-23)16-12-20-17(11-19(16)29)22(32)18(25(33)34)13-31(20)15-6-7-15/h10-13,15,24H,6-9H2,1-5H3,(H,30,35)(H,33,34). The fourth-order valence-corrected chi connectivity index (χ4v) is 6.52. The molecule has 5 rings (SSSR count). The van der Waals surface area contributed by atoms with Gasteiger partial charge in [0.1, 0.15) is 17.0 Å². The highest BCUT2D eigenvalue weighted by molar-refractivity contribution is 7.15. The van der Waals surface area contributed by atoms with E-state index in [0.29, 0.717) is 16.0 Å². The van der Waals surface area contributed by atoms with Gasteiger partial charge in [-0.1, -0.05) is 13.8 Å². The number of hydrogen-bond donors (Lipinski definition) is 2. The molecule has 2 aromatic heterocycles. The Kier molecular flexibility index (Phi) is 5.97. The van der Waals surface area contributed by atoms with Crippen molar-refractivity contribution in [2.75, 3.05) is 0 Å².